The smallest absolute Gasteiger partial charge is 0.0449 e. The number of hydrogen-bond donors (Lipinski definition) is 0. The molecule has 0 saturated heterocycles. The van der Waals surface area contributed by atoms with Crippen molar-refractivity contribution < 1.29 is 0 Å². The Labute approximate surface area is 128 Å². The van der Waals surface area contributed by atoms with Gasteiger partial charge in [-0.25, -0.2) is 0 Å². The summed E-state index contributed by atoms with van der Waals surface area (Å²) in [7, 11) is 2.05. The molecule has 0 amide bonds. The molecule has 0 fully saturated rings. The minimum absolute atomic E-state index is 0.238. The lowest BCUT2D eigenvalue weighted by Crippen LogP contribution is -1.71. The fraction of sp³-hybridized carbons (Fsp3) is 0.214. The van der Waals surface area contributed by atoms with Gasteiger partial charge < -0.3 is 0 Å². The van der Waals surface area contributed by atoms with E-state index in [4.69, 9.17) is 0 Å². The van der Waals surface area contributed by atoms with Gasteiger partial charge in [0.1, 0.15) is 0 Å². The summed E-state index contributed by atoms with van der Waals surface area (Å²) >= 11 is 4.12. The number of halogens is 1. The van der Waals surface area contributed by atoms with Crippen LogP contribution in [-0.2, 0) is 6.42 Å². The van der Waals surface area contributed by atoms with Gasteiger partial charge in [0, 0.05) is 24.4 Å². The number of aryl methyl sites for hydroxylation is 1. The molecular formula is C14H13IS3. The monoisotopic (exact) mass is 404 g/mol. The van der Waals surface area contributed by atoms with Crippen LogP contribution < -0.4 is 0 Å². The third-order valence-corrected chi connectivity index (χ3v) is 9.37. The van der Waals surface area contributed by atoms with Crippen LogP contribution in [0.25, 0.3) is 14.7 Å². The van der Waals surface area contributed by atoms with E-state index < -0.39 is 0 Å². The lowest BCUT2D eigenvalue weighted by molar-refractivity contribution is 0.940. The molecule has 2 aromatic heterocycles. The molecule has 0 atom stereocenters. The summed E-state index contributed by atoms with van der Waals surface area (Å²) in [6.45, 7) is 2.24. The lowest BCUT2D eigenvalue weighted by Gasteiger charge is -1.94. The fourth-order valence-corrected chi connectivity index (χ4v) is 8.54. The van der Waals surface area contributed by atoms with E-state index in [-0.39, 0.29) is 19.3 Å². The van der Waals surface area contributed by atoms with Gasteiger partial charge >= 0.3 is 0 Å². The van der Waals surface area contributed by atoms with Gasteiger partial charge in [-0.15, -0.1) is 22.7 Å². The summed E-state index contributed by atoms with van der Waals surface area (Å²) in [6.07, 6.45) is 4.74. The van der Waals surface area contributed by atoms with Crippen molar-refractivity contribution in [3.63, 3.8) is 0 Å². The van der Waals surface area contributed by atoms with Crippen LogP contribution in [0, 0.1) is 0 Å². The van der Waals surface area contributed by atoms with Crippen molar-refractivity contribution in [3.8, 4) is 9.75 Å². The Morgan fingerprint density at radius 3 is 2.56 bits per heavy atom. The zero-order valence-electron chi connectivity index (χ0n) is 9.98. The van der Waals surface area contributed by atoms with Crippen LogP contribution in [0.3, 0.4) is 0 Å². The molecule has 4 heteroatoms. The summed E-state index contributed by atoms with van der Waals surface area (Å²) < 4.78 is 2.35. The quantitative estimate of drug-likeness (QED) is 0.547. The predicted octanol–water partition coefficient (Wildman–Crippen LogP) is 6.20. The summed E-state index contributed by atoms with van der Waals surface area (Å²) in [5.74, 6) is 0. The minimum atomic E-state index is 0.238. The van der Waals surface area contributed by atoms with Gasteiger partial charge in [0.2, 0.25) is 0 Å². The van der Waals surface area contributed by atoms with Gasteiger partial charge in [-0.2, -0.15) is 0 Å². The molecule has 0 aliphatic carbocycles. The average molecular weight is 404 g/mol. The zero-order valence-corrected chi connectivity index (χ0v) is 14.6. The SMILES string of the molecule is CCCc1ccc(-c2ccc(C3=CC=IS3)s2)s1. The third-order valence-electron chi connectivity index (χ3n) is 2.64. The van der Waals surface area contributed by atoms with Crippen molar-refractivity contribution in [1.82, 2.24) is 0 Å². The maximum Gasteiger partial charge on any atom is 0.0449 e. The molecule has 94 valence electrons. The fourth-order valence-electron chi connectivity index (χ4n) is 1.80. The summed E-state index contributed by atoms with van der Waals surface area (Å²) in [5, 5.41) is 0. The van der Waals surface area contributed by atoms with Crippen molar-refractivity contribution >= 4 is 59.9 Å². The van der Waals surface area contributed by atoms with Gasteiger partial charge in [0.15, 0.2) is 0 Å². The highest BCUT2D eigenvalue weighted by Gasteiger charge is 2.10. The van der Waals surface area contributed by atoms with Gasteiger partial charge in [-0.1, -0.05) is 22.3 Å². The van der Waals surface area contributed by atoms with E-state index in [0.717, 1.165) is 0 Å². The standard InChI is InChI=1S/C14H13IS3/c1-2-3-10-4-5-11(16-10)12-6-7-13(17-12)14-8-9-15-18-14/h4-9H,2-3H2,1H3. The van der Waals surface area contributed by atoms with Gasteiger partial charge in [-0.3, -0.25) is 0 Å². The Balaban J connectivity index is 1.83. The topological polar surface area (TPSA) is 0 Å². The highest BCUT2D eigenvalue weighted by atomic mass is 127. The third kappa shape index (κ3) is 2.81. The van der Waals surface area contributed by atoms with E-state index in [1.807, 2.05) is 31.6 Å². The van der Waals surface area contributed by atoms with E-state index in [1.165, 1.54) is 37.3 Å². The first kappa shape index (κ1) is 13.1. The normalized spacial score (nSPS) is 14.6. The molecule has 0 aromatic carbocycles. The van der Waals surface area contributed by atoms with Gasteiger partial charge in [-0.05, 0) is 60.1 Å². The molecule has 0 saturated carbocycles. The first-order valence-corrected chi connectivity index (χ1v) is 12.1. The molecule has 3 heterocycles. The van der Waals surface area contributed by atoms with Crippen LogP contribution >= 0.6 is 51.0 Å². The van der Waals surface area contributed by atoms with Crippen molar-refractivity contribution in [2.24, 2.45) is 0 Å². The van der Waals surface area contributed by atoms with Crippen LogP contribution in [0.4, 0.5) is 0 Å². The van der Waals surface area contributed by atoms with E-state index in [1.54, 1.807) is 0 Å². The van der Waals surface area contributed by atoms with Crippen LogP contribution in [0.15, 0.2) is 30.3 Å². The molecule has 2 aromatic rings. The Hall–Kier alpha value is 0.0900. The molecule has 0 N–H and O–H groups in total. The van der Waals surface area contributed by atoms with Crippen LogP contribution in [0.1, 0.15) is 23.1 Å². The van der Waals surface area contributed by atoms with E-state index in [2.05, 4.69) is 41.3 Å². The minimum Gasteiger partial charge on any atom is -0.139 e. The average Bonchev–Trinajstić information content (AvgIpc) is 3.10. The summed E-state index contributed by atoms with van der Waals surface area (Å²) in [4.78, 5) is 7.27. The first-order chi connectivity index (χ1) is 8.86. The second-order valence-electron chi connectivity index (χ2n) is 4.00. The molecular weight excluding hydrogens is 391 g/mol. The molecule has 18 heavy (non-hydrogen) atoms. The Morgan fingerprint density at radius 1 is 1.00 bits per heavy atom. The van der Waals surface area contributed by atoms with Crippen molar-refractivity contribution in [3.05, 3.63) is 40.1 Å². The number of allylic oxidation sites excluding steroid dienone is 1. The zero-order chi connectivity index (χ0) is 12.4. The second-order valence-corrected chi connectivity index (χ2v) is 10.6. The van der Waals surface area contributed by atoms with E-state index in [0.29, 0.717) is 0 Å². The molecule has 1 aliphatic heterocycles. The summed E-state index contributed by atoms with van der Waals surface area (Å²) in [6, 6.07) is 9.12. The highest BCUT2D eigenvalue weighted by Crippen LogP contribution is 2.45. The largest absolute Gasteiger partial charge is 0.139 e. The Bertz CT molecular complexity index is 604. The first-order valence-electron chi connectivity index (χ1n) is 5.90. The molecule has 0 bridgehead atoms. The van der Waals surface area contributed by atoms with Crippen LogP contribution in [0.5, 0.6) is 0 Å². The molecule has 0 spiro atoms. The van der Waals surface area contributed by atoms with Crippen LogP contribution in [-0.4, -0.2) is 4.01 Å². The lowest BCUT2D eigenvalue weighted by atomic mass is 10.3. The Kier molecular flexibility index (Phi) is 4.38. The Morgan fingerprint density at radius 2 is 1.78 bits per heavy atom. The second kappa shape index (κ2) is 6.03. The van der Waals surface area contributed by atoms with Crippen LogP contribution in [0.2, 0.25) is 0 Å². The highest BCUT2D eigenvalue weighted by molar-refractivity contribution is 14.2. The van der Waals surface area contributed by atoms with Gasteiger partial charge in [0.25, 0.3) is 0 Å². The predicted molar refractivity (Wildman–Crippen MR) is 97.3 cm³/mol. The summed E-state index contributed by atoms with van der Waals surface area (Å²) in [5.41, 5.74) is 0. The van der Waals surface area contributed by atoms with Crippen molar-refractivity contribution in [2.75, 3.05) is 0 Å². The van der Waals surface area contributed by atoms with Crippen molar-refractivity contribution in [1.29, 1.82) is 0 Å². The van der Waals surface area contributed by atoms with E-state index >= 15 is 0 Å². The maximum atomic E-state index is 2.35. The maximum absolute atomic E-state index is 2.35. The van der Waals surface area contributed by atoms with E-state index in [9.17, 15) is 0 Å². The molecule has 1 aliphatic rings. The number of hydrogen-bond acceptors (Lipinski definition) is 3. The van der Waals surface area contributed by atoms with Gasteiger partial charge in [0.05, 0.1) is 0 Å². The molecule has 3 rings (SSSR count). The molecule has 0 nitrogen and oxygen atoms in total. The molecule has 0 radical (unpaired) electrons. The number of rotatable bonds is 4. The number of thiophene rings is 2. The van der Waals surface area contributed by atoms with Crippen molar-refractivity contribution in [2.45, 2.75) is 19.8 Å². The molecule has 0 unspecified atom stereocenters.